The van der Waals surface area contributed by atoms with E-state index in [2.05, 4.69) is 0 Å². The van der Waals surface area contributed by atoms with Gasteiger partial charge >= 0.3 is 5.97 Å². The summed E-state index contributed by atoms with van der Waals surface area (Å²) >= 11 is 0. The number of carboxylic acids is 1. The molecule has 1 aromatic carbocycles. The molecule has 0 heterocycles. The first-order chi connectivity index (χ1) is 7.63. The van der Waals surface area contributed by atoms with E-state index in [0.717, 1.165) is 5.56 Å². The van der Waals surface area contributed by atoms with Crippen molar-refractivity contribution in [1.82, 2.24) is 0 Å². The lowest BCUT2D eigenvalue weighted by Gasteiger charge is -2.11. The number of nitrogens with two attached hydrogens (primary N) is 1. The van der Waals surface area contributed by atoms with Gasteiger partial charge in [0.1, 0.15) is 5.75 Å². The first-order valence-corrected chi connectivity index (χ1v) is 4.82. The molecule has 5 nitrogen and oxygen atoms in total. The highest BCUT2D eigenvalue weighted by Crippen LogP contribution is 2.19. The van der Waals surface area contributed by atoms with E-state index in [4.69, 9.17) is 20.3 Å². The van der Waals surface area contributed by atoms with Gasteiger partial charge in [-0.1, -0.05) is 12.1 Å². The number of hydrogen-bond acceptors (Lipinski definition) is 4. The lowest BCUT2D eigenvalue weighted by molar-refractivity contribution is -0.137. The second-order valence-electron chi connectivity index (χ2n) is 3.33. The van der Waals surface area contributed by atoms with Gasteiger partial charge in [0.05, 0.1) is 6.42 Å². The number of hydrogen-bond donors (Lipinski definition) is 2. The molecule has 0 aliphatic carbocycles. The van der Waals surface area contributed by atoms with E-state index in [1.807, 2.05) is 0 Å². The van der Waals surface area contributed by atoms with E-state index in [1.54, 1.807) is 24.3 Å². The molecule has 0 unspecified atom stereocenters. The van der Waals surface area contributed by atoms with Crippen molar-refractivity contribution in [2.45, 2.75) is 12.5 Å². The zero-order valence-corrected chi connectivity index (χ0v) is 9.05. The van der Waals surface area contributed by atoms with Crippen molar-refractivity contribution in [2.24, 2.45) is 5.73 Å². The molecule has 1 atom stereocenters. The maximum absolute atomic E-state index is 10.5. The Morgan fingerprint density at radius 2 is 2.31 bits per heavy atom. The Balaban J connectivity index is 2.69. The second kappa shape index (κ2) is 6.09. The predicted molar refractivity (Wildman–Crippen MR) is 58.1 cm³/mol. The molecule has 1 aromatic rings. The average Bonchev–Trinajstić information content (AvgIpc) is 2.26. The fourth-order valence-corrected chi connectivity index (χ4v) is 1.27. The standard InChI is InChI=1S/C11H15NO4/c1-15-7-16-9-4-2-3-8(5-9)10(12)6-11(13)14/h2-5,10H,6-7,12H2,1H3,(H,13,14)/t10-/m1/s1. The molecular weight excluding hydrogens is 210 g/mol. The predicted octanol–water partition coefficient (Wildman–Crippen LogP) is 1.14. The number of methoxy groups -OCH3 is 1. The molecule has 0 spiro atoms. The van der Waals surface area contributed by atoms with Crippen molar-refractivity contribution in [3.05, 3.63) is 29.8 Å². The third-order valence-corrected chi connectivity index (χ3v) is 2.02. The maximum Gasteiger partial charge on any atom is 0.305 e. The highest BCUT2D eigenvalue weighted by Gasteiger charge is 2.10. The van der Waals surface area contributed by atoms with Gasteiger partial charge in [0.2, 0.25) is 0 Å². The monoisotopic (exact) mass is 225 g/mol. The van der Waals surface area contributed by atoms with Crippen LogP contribution in [0.5, 0.6) is 5.75 Å². The van der Waals surface area contributed by atoms with Crippen LogP contribution in [0.3, 0.4) is 0 Å². The lowest BCUT2D eigenvalue weighted by atomic mass is 10.0. The highest BCUT2D eigenvalue weighted by molar-refractivity contribution is 5.67. The first kappa shape index (κ1) is 12.5. The summed E-state index contributed by atoms with van der Waals surface area (Å²) in [5.41, 5.74) is 6.46. The Bertz CT molecular complexity index is 354. The van der Waals surface area contributed by atoms with Gasteiger partial charge in [-0.25, -0.2) is 0 Å². The summed E-state index contributed by atoms with van der Waals surface area (Å²) in [5, 5.41) is 8.62. The molecule has 0 saturated heterocycles. The van der Waals surface area contributed by atoms with Crippen LogP contribution in [0.2, 0.25) is 0 Å². The van der Waals surface area contributed by atoms with Crippen LogP contribution in [-0.4, -0.2) is 25.0 Å². The van der Waals surface area contributed by atoms with Gasteiger partial charge < -0.3 is 20.3 Å². The lowest BCUT2D eigenvalue weighted by Crippen LogP contribution is -2.15. The summed E-state index contributed by atoms with van der Waals surface area (Å²) in [4.78, 5) is 10.5. The minimum atomic E-state index is -0.921. The number of carbonyl (C=O) groups is 1. The summed E-state index contributed by atoms with van der Waals surface area (Å²) in [6.07, 6.45) is -0.103. The molecule has 5 heteroatoms. The van der Waals surface area contributed by atoms with E-state index in [0.29, 0.717) is 5.75 Å². The van der Waals surface area contributed by atoms with Crippen LogP contribution < -0.4 is 10.5 Å². The van der Waals surface area contributed by atoms with Crippen LogP contribution in [0.25, 0.3) is 0 Å². The van der Waals surface area contributed by atoms with E-state index in [9.17, 15) is 4.79 Å². The van der Waals surface area contributed by atoms with Gasteiger partial charge in [-0.3, -0.25) is 4.79 Å². The van der Waals surface area contributed by atoms with Gasteiger partial charge in [0, 0.05) is 13.2 Å². The summed E-state index contributed by atoms with van der Waals surface area (Å²) in [6, 6.07) is 6.49. The van der Waals surface area contributed by atoms with Crippen LogP contribution in [0, 0.1) is 0 Å². The zero-order chi connectivity index (χ0) is 12.0. The Morgan fingerprint density at radius 1 is 1.56 bits per heavy atom. The van der Waals surface area contributed by atoms with E-state index < -0.39 is 12.0 Å². The smallest absolute Gasteiger partial charge is 0.305 e. The Morgan fingerprint density at radius 3 is 2.94 bits per heavy atom. The molecule has 16 heavy (non-hydrogen) atoms. The number of aliphatic carboxylic acids is 1. The molecule has 88 valence electrons. The van der Waals surface area contributed by atoms with Gasteiger partial charge in [0.25, 0.3) is 0 Å². The molecule has 0 saturated carbocycles. The van der Waals surface area contributed by atoms with Crippen molar-refractivity contribution in [1.29, 1.82) is 0 Å². The number of ether oxygens (including phenoxy) is 2. The van der Waals surface area contributed by atoms with Crippen molar-refractivity contribution in [2.75, 3.05) is 13.9 Å². The topological polar surface area (TPSA) is 81.8 Å². The number of carboxylic acid groups (broad SMARTS) is 1. The molecule has 0 aliphatic heterocycles. The fraction of sp³-hybridized carbons (Fsp3) is 0.364. The molecule has 0 bridgehead atoms. The highest BCUT2D eigenvalue weighted by atomic mass is 16.7. The minimum Gasteiger partial charge on any atom is -0.481 e. The van der Waals surface area contributed by atoms with Gasteiger partial charge in [0.15, 0.2) is 6.79 Å². The maximum atomic E-state index is 10.5. The van der Waals surface area contributed by atoms with Gasteiger partial charge in [-0.05, 0) is 17.7 Å². The third kappa shape index (κ3) is 3.88. The number of benzene rings is 1. The van der Waals surface area contributed by atoms with E-state index >= 15 is 0 Å². The Hall–Kier alpha value is -1.59. The summed E-state index contributed by atoms with van der Waals surface area (Å²) in [5.74, 6) is -0.309. The van der Waals surface area contributed by atoms with Crippen LogP contribution in [0.1, 0.15) is 18.0 Å². The van der Waals surface area contributed by atoms with Crippen molar-refractivity contribution < 1.29 is 19.4 Å². The van der Waals surface area contributed by atoms with E-state index in [1.165, 1.54) is 7.11 Å². The number of rotatable bonds is 6. The van der Waals surface area contributed by atoms with Crippen LogP contribution in [0.15, 0.2) is 24.3 Å². The van der Waals surface area contributed by atoms with Crippen molar-refractivity contribution in [3.63, 3.8) is 0 Å². The third-order valence-electron chi connectivity index (χ3n) is 2.02. The summed E-state index contributed by atoms with van der Waals surface area (Å²) in [7, 11) is 1.53. The first-order valence-electron chi connectivity index (χ1n) is 4.82. The average molecular weight is 225 g/mol. The molecule has 0 amide bonds. The molecule has 0 radical (unpaired) electrons. The summed E-state index contributed by atoms with van der Waals surface area (Å²) in [6.45, 7) is 0.150. The molecular formula is C11H15NO4. The minimum absolute atomic E-state index is 0.103. The van der Waals surface area contributed by atoms with E-state index in [-0.39, 0.29) is 13.2 Å². The molecule has 0 aromatic heterocycles. The zero-order valence-electron chi connectivity index (χ0n) is 9.05. The molecule has 3 N–H and O–H groups in total. The molecule has 1 rings (SSSR count). The molecule has 0 fully saturated rings. The normalized spacial score (nSPS) is 12.1. The van der Waals surface area contributed by atoms with Crippen LogP contribution in [0.4, 0.5) is 0 Å². The van der Waals surface area contributed by atoms with Gasteiger partial charge in [-0.2, -0.15) is 0 Å². The quantitative estimate of drug-likeness (QED) is 0.709. The second-order valence-corrected chi connectivity index (χ2v) is 3.33. The molecule has 0 aliphatic rings. The SMILES string of the molecule is COCOc1cccc([C@H](N)CC(=O)O)c1. The van der Waals surface area contributed by atoms with Crippen molar-refractivity contribution >= 4 is 5.97 Å². The summed E-state index contributed by atoms with van der Waals surface area (Å²) < 4.78 is 9.99. The van der Waals surface area contributed by atoms with Crippen LogP contribution in [-0.2, 0) is 9.53 Å². The Kier molecular flexibility index (Phi) is 4.75. The van der Waals surface area contributed by atoms with Crippen molar-refractivity contribution in [3.8, 4) is 5.75 Å². The Labute approximate surface area is 93.8 Å². The fourth-order valence-electron chi connectivity index (χ4n) is 1.27. The van der Waals surface area contributed by atoms with Gasteiger partial charge in [-0.15, -0.1) is 0 Å². The van der Waals surface area contributed by atoms with Crippen LogP contribution >= 0.6 is 0 Å². The largest absolute Gasteiger partial charge is 0.481 e.